The van der Waals surface area contributed by atoms with Gasteiger partial charge in [-0.2, -0.15) is 0 Å². The van der Waals surface area contributed by atoms with Crippen LogP contribution in [0.4, 0.5) is 4.79 Å². The molecule has 2 heterocycles. The van der Waals surface area contributed by atoms with E-state index < -0.39 is 5.60 Å². The fourth-order valence-corrected chi connectivity index (χ4v) is 2.97. The molecule has 0 saturated carbocycles. The molecule has 0 radical (unpaired) electrons. The molecular weight excluding hydrogens is 232 g/mol. The second kappa shape index (κ2) is 4.70. The third-order valence-electron chi connectivity index (χ3n) is 3.99. The van der Waals surface area contributed by atoms with Crippen LogP contribution in [0, 0.1) is 11.3 Å². The Hall–Kier alpha value is -0.810. The van der Waals surface area contributed by atoms with Gasteiger partial charge in [-0.3, -0.25) is 0 Å². The summed E-state index contributed by atoms with van der Waals surface area (Å²) >= 11 is 0. The van der Waals surface area contributed by atoms with Crippen LogP contribution in [0.3, 0.4) is 0 Å². The van der Waals surface area contributed by atoms with Gasteiger partial charge >= 0.3 is 6.09 Å². The van der Waals surface area contributed by atoms with Gasteiger partial charge in [-0.15, -0.1) is 0 Å². The first kappa shape index (κ1) is 13.6. The quantitative estimate of drug-likeness (QED) is 0.729. The highest BCUT2D eigenvalue weighted by atomic mass is 16.6. The normalized spacial score (nSPS) is 32.2. The van der Waals surface area contributed by atoms with Crippen LogP contribution in [-0.4, -0.2) is 54.5 Å². The van der Waals surface area contributed by atoms with Crippen molar-refractivity contribution in [1.29, 1.82) is 0 Å². The van der Waals surface area contributed by atoms with Crippen molar-refractivity contribution in [3.63, 3.8) is 0 Å². The number of carbonyl (C=O) groups excluding carboxylic acids is 1. The van der Waals surface area contributed by atoms with Crippen molar-refractivity contribution in [2.24, 2.45) is 11.3 Å². The molecule has 2 saturated heterocycles. The van der Waals surface area contributed by atoms with Crippen LogP contribution in [-0.2, 0) is 4.74 Å². The van der Waals surface area contributed by atoms with Gasteiger partial charge in [0.15, 0.2) is 0 Å². The molecule has 2 rings (SSSR count). The molecule has 2 atom stereocenters. The van der Waals surface area contributed by atoms with Crippen molar-refractivity contribution < 1.29 is 14.6 Å². The van der Waals surface area contributed by atoms with E-state index in [9.17, 15) is 9.90 Å². The summed E-state index contributed by atoms with van der Waals surface area (Å²) in [6.07, 6.45) is 0.716. The number of carbonyl (C=O) groups is 1. The lowest BCUT2D eigenvalue weighted by Gasteiger charge is -2.30. The van der Waals surface area contributed by atoms with E-state index in [-0.39, 0.29) is 24.0 Å². The first-order chi connectivity index (χ1) is 8.36. The van der Waals surface area contributed by atoms with Crippen LogP contribution in [0.2, 0.25) is 0 Å². The molecule has 1 spiro atoms. The van der Waals surface area contributed by atoms with E-state index in [1.165, 1.54) is 0 Å². The largest absolute Gasteiger partial charge is 0.444 e. The zero-order valence-corrected chi connectivity index (χ0v) is 11.5. The van der Waals surface area contributed by atoms with E-state index in [1.54, 1.807) is 4.90 Å². The molecule has 0 aromatic rings. The van der Waals surface area contributed by atoms with Crippen molar-refractivity contribution in [3.05, 3.63) is 0 Å². The number of likely N-dealkylation sites (tertiary alicyclic amines) is 1. The SMILES string of the molecule is CC(C)(C)OC(=O)N1CCC2(CNCC2CO)C1. The van der Waals surface area contributed by atoms with Gasteiger partial charge in [-0.1, -0.05) is 0 Å². The zero-order valence-electron chi connectivity index (χ0n) is 11.5. The van der Waals surface area contributed by atoms with E-state index in [4.69, 9.17) is 4.74 Å². The summed E-state index contributed by atoms with van der Waals surface area (Å²) in [6, 6.07) is 0. The van der Waals surface area contributed by atoms with Crippen LogP contribution in [0.1, 0.15) is 27.2 Å². The van der Waals surface area contributed by atoms with Gasteiger partial charge in [0.05, 0.1) is 0 Å². The molecule has 5 heteroatoms. The molecular formula is C13H24N2O3. The van der Waals surface area contributed by atoms with Crippen LogP contribution in [0.15, 0.2) is 0 Å². The first-order valence-corrected chi connectivity index (χ1v) is 6.66. The standard InChI is InChI=1S/C13H24N2O3/c1-12(2,3)18-11(17)15-5-4-13(9-15)8-14-6-10(13)7-16/h10,14,16H,4-9H2,1-3H3. The zero-order chi connectivity index (χ0) is 13.4. The number of nitrogens with one attached hydrogen (secondary N) is 1. The van der Waals surface area contributed by atoms with Gasteiger partial charge in [0.2, 0.25) is 0 Å². The van der Waals surface area contributed by atoms with Gasteiger partial charge in [-0.05, 0) is 27.2 Å². The second-order valence-electron chi connectivity index (χ2n) is 6.52. The van der Waals surface area contributed by atoms with Crippen LogP contribution in [0.5, 0.6) is 0 Å². The average Bonchev–Trinajstić information content (AvgIpc) is 2.84. The number of hydrogen-bond donors (Lipinski definition) is 2. The highest BCUT2D eigenvalue weighted by molar-refractivity contribution is 5.68. The van der Waals surface area contributed by atoms with Crippen molar-refractivity contribution in [2.75, 3.05) is 32.8 Å². The molecule has 104 valence electrons. The average molecular weight is 256 g/mol. The summed E-state index contributed by atoms with van der Waals surface area (Å²) in [5, 5.41) is 12.8. The number of ether oxygens (including phenoxy) is 1. The molecule has 0 bridgehead atoms. The van der Waals surface area contributed by atoms with Gasteiger partial charge < -0.3 is 20.1 Å². The first-order valence-electron chi connectivity index (χ1n) is 6.66. The maximum absolute atomic E-state index is 12.0. The van der Waals surface area contributed by atoms with Crippen LogP contribution >= 0.6 is 0 Å². The topological polar surface area (TPSA) is 61.8 Å². The minimum absolute atomic E-state index is 0.0473. The third-order valence-corrected chi connectivity index (χ3v) is 3.99. The van der Waals surface area contributed by atoms with Gasteiger partial charge in [0, 0.05) is 44.1 Å². The van der Waals surface area contributed by atoms with Gasteiger partial charge in [0.1, 0.15) is 5.60 Å². The number of nitrogens with zero attached hydrogens (tertiary/aromatic N) is 1. The predicted octanol–water partition coefficient (Wildman–Crippen LogP) is 0.825. The molecule has 2 unspecified atom stereocenters. The molecule has 1 amide bonds. The van der Waals surface area contributed by atoms with Crippen LogP contribution in [0.25, 0.3) is 0 Å². The Labute approximate surface area is 108 Å². The highest BCUT2D eigenvalue weighted by Gasteiger charge is 2.48. The third kappa shape index (κ3) is 2.62. The van der Waals surface area contributed by atoms with E-state index in [2.05, 4.69) is 5.32 Å². The maximum atomic E-state index is 12.0. The van der Waals surface area contributed by atoms with E-state index in [1.807, 2.05) is 20.8 Å². The smallest absolute Gasteiger partial charge is 0.410 e. The van der Waals surface area contributed by atoms with E-state index in [0.717, 1.165) is 26.1 Å². The maximum Gasteiger partial charge on any atom is 0.410 e. The lowest BCUT2D eigenvalue weighted by atomic mass is 9.78. The Morgan fingerprint density at radius 3 is 2.89 bits per heavy atom. The highest BCUT2D eigenvalue weighted by Crippen LogP contribution is 2.40. The molecule has 18 heavy (non-hydrogen) atoms. The molecule has 5 nitrogen and oxygen atoms in total. The van der Waals surface area contributed by atoms with E-state index >= 15 is 0 Å². The van der Waals surface area contributed by atoms with Crippen LogP contribution < -0.4 is 5.32 Å². The Morgan fingerprint density at radius 2 is 2.28 bits per heavy atom. The molecule has 0 aromatic carbocycles. The lowest BCUT2D eigenvalue weighted by Crippen LogP contribution is -2.39. The van der Waals surface area contributed by atoms with Gasteiger partial charge in [-0.25, -0.2) is 4.79 Å². The number of aliphatic hydroxyl groups excluding tert-OH is 1. The summed E-state index contributed by atoms with van der Waals surface area (Å²) in [6.45, 7) is 8.98. The molecule has 0 aromatic heterocycles. The summed E-state index contributed by atoms with van der Waals surface area (Å²) in [5.41, 5.74) is -0.400. The number of rotatable bonds is 1. The molecule has 2 fully saturated rings. The summed E-state index contributed by atoms with van der Waals surface area (Å²) in [7, 11) is 0. The minimum Gasteiger partial charge on any atom is -0.444 e. The summed E-state index contributed by atoms with van der Waals surface area (Å²) in [5.74, 6) is 0.255. The second-order valence-corrected chi connectivity index (χ2v) is 6.52. The Kier molecular flexibility index (Phi) is 3.56. The number of aliphatic hydroxyl groups is 1. The fourth-order valence-electron chi connectivity index (χ4n) is 2.97. The molecule has 2 N–H and O–H groups in total. The monoisotopic (exact) mass is 256 g/mol. The Balaban J connectivity index is 1.98. The summed E-state index contributed by atoms with van der Waals surface area (Å²) < 4.78 is 5.40. The minimum atomic E-state index is -0.447. The Bertz CT molecular complexity index is 327. The molecule has 2 aliphatic rings. The van der Waals surface area contributed by atoms with Gasteiger partial charge in [0.25, 0.3) is 0 Å². The van der Waals surface area contributed by atoms with Crippen molar-refractivity contribution >= 4 is 6.09 Å². The number of hydrogen-bond acceptors (Lipinski definition) is 4. The van der Waals surface area contributed by atoms with E-state index in [0.29, 0.717) is 6.54 Å². The lowest BCUT2D eigenvalue weighted by molar-refractivity contribution is 0.0257. The van der Waals surface area contributed by atoms with Crippen molar-refractivity contribution in [3.8, 4) is 0 Å². The van der Waals surface area contributed by atoms with Crippen molar-refractivity contribution in [2.45, 2.75) is 32.8 Å². The molecule has 0 aliphatic carbocycles. The fraction of sp³-hybridized carbons (Fsp3) is 0.923. The Morgan fingerprint density at radius 1 is 1.56 bits per heavy atom. The summed E-state index contributed by atoms with van der Waals surface area (Å²) in [4.78, 5) is 13.8. The number of amides is 1. The predicted molar refractivity (Wildman–Crippen MR) is 68.3 cm³/mol. The molecule has 2 aliphatic heterocycles. The van der Waals surface area contributed by atoms with Crippen molar-refractivity contribution in [1.82, 2.24) is 10.2 Å².